The molecule has 0 fully saturated rings. The van der Waals surface area contributed by atoms with Gasteiger partial charge in [0, 0.05) is 6.42 Å². The van der Waals surface area contributed by atoms with Gasteiger partial charge in [-0.1, -0.05) is 20.3 Å². The van der Waals surface area contributed by atoms with Crippen molar-refractivity contribution in [1.29, 1.82) is 0 Å². The highest BCUT2D eigenvalue weighted by molar-refractivity contribution is 5.94. The summed E-state index contributed by atoms with van der Waals surface area (Å²) in [4.78, 5) is 57.2. The van der Waals surface area contributed by atoms with Gasteiger partial charge in [0.2, 0.25) is 17.7 Å². The Bertz CT molecular complexity index is 552. The first-order valence-electron chi connectivity index (χ1n) is 8.08. The summed E-state index contributed by atoms with van der Waals surface area (Å²) >= 11 is 0. The number of nitrogens with one attached hydrogen (secondary N) is 2. The third kappa shape index (κ3) is 8.42. The molecule has 11 heteroatoms. The number of carbonyl (C=O) groups excluding carboxylic acids is 3. The first-order valence-corrected chi connectivity index (χ1v) is 8.08. The highest BCUT2D eigenvalue weighted by atomic mass is 16.4. The summed E-state index contributed by atoms with van der Waals surface area (Å²) in [5.41, 5.74) is 10.5. The number of carboxylic acids is 2. The molecule has 0 spiro atoms. The van der Waals surface area contributed by atoms with Crippen LogP contribution in [-0.2, 0) is 24.0 Å². The second kappa shape index (κ2) is 11.0. The smallest absolute Gasteiger partial charge is 0.326 e. The predicted molar refractivity (Wildman–Crippen MR) is 89.6 cm³/mol. The number of primary amides is 1. The average molecular weight is 374 g/mol. The maximum absolute atomic E-state index is 12.3. The molecule has 0 radical (unpaired) electrons. The summed E-state index contributed by atoms with van der Waals surface area (Å²) in [6.07, 6.45) is -0.523. The van der Waals surface area contributed by atoms with E-state index in [0.29, 0.717) is 6.42 Å². The predicted octanol–water partition coefficient (Wildman–Crippen LogP) is -1.85. The molecule has 0 saturated heterocycles. The Balaban J connectivity index is 5.08. The Kier molecular flexibility index (Phi) is 9.89. The Morgan fingerprint density at radius 1 is 1.04 bits per heavy atom. The SMILES string of the molecule is CC[C@H](C)[C@H](NC(=O)[C@H](CC(=O)O)NC(=O)[C@@H](N)CCC(N)=O)C(=O)O. The summed E-state index contributed by atoms with van der Waals surface area (Å²) in [6.45, 7) is 3.35. The summed E-state index contributed by atoms with van der Waals surface area (Å²) in [5.74, 6) is -5.50. The summed E-state index contributed by atoms with van der Waals surface area (Å²) < 4.78 is 0. The normalized spacial score (nSPS) is 15.2. The van der Waals surface area contributed by atoms with Gasteiger partial charge in [-0.05, 0) is 12.3 Å². The number of rotatable bonds is 12. The number of hydrogen-bond donors (Lipinski definition) is 6. The third-order valence-electron chi connectivity index (χ3n) is 3.83. The Labute approximate surface area is 150 Å². The minimum atomic E-state index is -1.51. The van der Waals surface area contributed by atoms with Gasteiger partial charge in [-0.15, -0.1) is 0 Å². The van der Waals surface area contributed by atoms with Gasteiger partial charge in [-0.2, -0.15) is 0 Å². The number of carbonyl (C=O) groups is 5. The molecule has 0 aromatic carbocycles. The van der Waals surface area contributed by atoms with Crippen LogP contribution in [-0.4, -0.2) is 58.0 Å². The first-order chi connectivity index (χ1) is 12.0. The highest BCUT2D eigenvalue weighted by Gasteiger charge is 2.31. The molecule has 0 aromatic heterocycles. The zero-order valence-electron chi connectivity index (χ0n) is 14.7. The van der Waals surface area contributed by atoms with Crippen molar-refractivity contribution in [3.63, 3.8) is 0 Å². The lowest BCUT2D eigenvalue weighted by atomic mass is 9.98. The lowest BCUT2D eigenvalue weighted by molar-refractivity contribution is -0.144. The van der Waals surface area contributed by atoms with Gasteiger partial charge in [-0.25, -0.2) is 4.79 Å². The molecular formula is C15H26N4O7. The molecule has 4 atom stereocenters. The lowest BCUT2D eigenvalue weighted by Gasteiger charge is -2.24. The number of aliphatic carboxylic acids is 2. The minimum absolute atomic E-state index is 0.0762. The van der Waals surface area contributed by atoms with E-state index in [1.807, 2.05) is 0 Å². The lowest BCUT2D eigenvalue weighted by Crippen LogP contribution is -2.56. The van der Waals surface area contributed by atoms with Gasteiger partial charge in [0.05, 0.1) is 12.5 Å². The highest BCUT2D eigenvalue weighted by Crippen LogP contribution is 2.09. The van der Waals surface area contributed by atoms with Gasteiger partial charge < -0.3 is 32.3 Å². The molecule has 0 aliphatic rings. The molecule has 0 aromatic rings. The fraction of sp³-hybridized carbons (Fsp3) is 0.667. The van der Waals surface area contributed by atoms with E-state index in [2.05, 4.69) is 10.6 Å². The third-order valence-corrected chi connectivity index (χ3v) is 3.83. The zero-order chi connectivity index (χ0) is 20.4. The van der Waals surface area contributed by atoms with Gasteiger partial charge in [0.15, 0.2) is 0 Å². The minimum Gasteiger partial charge on any atom is -0.481 e. The first kappa shape index (κ1) is 23.3. The number of hydrogen-bond acceptors (Lipinski definition) is 6. The van der Waals surface area contributed by atoms with Gasteiger partial charge in [0.25, 0.3) is 0 Å². The van der Waals surface area contributed by atoms with Crippen LogP contribution in [0.15, 0.2) is 0 Å². The van der Waals surface area contributed by atoms with Crippen LogP contribution >= 0.6 is 0 Å². The Hall–Kier alpha value is -2.69. The van der Waals surface area contributed by atoms with E-state index >= 15 is 0 Å². The van der Waals surface area contributed by atoms with E-state index in [0.717, 1.165) is 0 Å². The average Bonchev–Trinajstić information content (AvgIpc) is 2.54. The molecule has 0 rings (SSSR count). The van der Waals surface area contributed by atoms with Crippen LogP contribution in [0.5, 0.6) is 0 Å². The molecule has 0 saturated carbocycles. The van der Waals surface area contributed by atoms with Crippen molar-refractivity contribution >= 4 is 29.7 Å². The van der Waals surface area contributed by atoms with E-state index < -0.39 is 60.1 Å². The Morgan fingerprint density at radius 2 is 1.62 bits per heavy atom. The number of amides is 3. The largest absolute Gasteiger partial charge is 0.481 e. The van der Waals surface area contributed by atoms with Crippen LogP contribution in [0.1, 0.15) is 39.5 Å². The standard InChI is InChI=1S/C15H26N4O7/c1-3-7(2)12(15(25)26)19-14(24)9(6-11(21)22)18-13(23)8(16)4-5-10(17)20/h7-9,12H,3-6,16H2,1-2H3,(H2,17,20)(H,18,23)(H,19,24)(H,21,22)(H,25,26)/t7-,8-,9-,12-/m0/s1. The van der Waals surface area contributed by atoms with Crippen molar-refractivity contribution in [2.45, 2.75) is 57.7 Å². The van der Waals surface area contributed by atoms with E-state index in [4.69, 9.17) is 16.6 Å². The maximum Gasteiger partial charge on any atom is 0.326 e. The maximum atomic E-state index is 12.3. The molecule has 0 heterocycles. The van der Waals surface area contributed by atoms with Crippen LogP contribution in [0, 0.1) is 5.92 Å². The molecule has 3 amide bonds. The van der Waals surface area contributed by atoms with Crippen molar-refractivity contribution in [3.05, 3.63) is 0 Å². The molecule has 0 unspecified atom stereocenters. The molecule has 8 N–H and O–H groups in total. The molecule has 0 aliphatic heterocycles. The zero-order valence-corrected chi connectivity index (χ0v) is 14.7. The van der Waals surface area contributed by atoms with Crippen molar-refractivity contribution in [3.8, 4) is 0 Å². The van der Waals surface area contributed by atoms with E-state index in [1.54, 1.807) is 13.8 Å². The van der Waals surface area contributed by atoms with Crippen molar-refractivity contribution in [2.24, 2.45) is 17.4 Å². The van der Waals surface area contributed by atoms with E-state index in [1.165, 1.54) is 0 Å². The molecule has 148 valence electrons. The summed E-state index contributed by atoms with van der Waals surface area (Å²) in [6, 6.07) is -3.91. The van der Waals surface area contributed by atoms with E-state index in [-0.39, 0.29) is 12.8 Å². The molecule has 0 aliphatic carbocycles. The fourth-order valence-corrected chi connectivity index (χ4v) is 2.03. The van der Waals surface area contributed by atoms with Crippen molar-refractivity contribution < 1.29 is 34.2 Å². The van der Waals surface area contributed by atoms with Gasteiger partial charge in [-0.3, -0.25) is 19.2 Å². The molecule has 11 nitrogen and oxygen atoms in total. The van der Waals surface area contributed by atoms with Crippen LogP contribution in [0.4, 0.5) is 0 Å². The number of nitrogens with two attached hydrogens (primary N) is 2. The monoisotopic (exact) mass is 374 g/mol. The van der Waals surface area contributed by atoms with Gasteiger partial charge >= 0.3 is 11.9 Å². The van der Waals surface area contributed by atoms with Crippen molar-refractivity contribution in [2.75, 3.05) is 0 Å². The fourth-order valence-electron chi connectivity index (χ4n) is 2.03. The summed E-state index contributed by atoms with van der Waals surface area (Å²) in [5, 5.41) is 22.5. The second-order valence-electron chi connectivity index (χ2n) is 5.98. The van der Waals surface area contributed by atoms with Crippen molar-refractivity contribution in [1.82, 2.24) is 10.6 Å². The summed E-state index contributed by atoms with van der Waals surface area (Å²) in [7, 11) is 0. The number of carboxylic acid groups (broad SMARTS) is 2. The van der Waals surface area contributed by atoms with Crippen LogP contribution in [0.25, 0.3) is 0 Å². The second-order valence-corrected chi connectivity index (χ2v) is 5.98. The van der Waals surface area contributed by atoms with Crippen LogP contribution < -0.4 is 22.1 Å². The topological polar surface area (TPSA) is 202 Å². The molecular weight excluding hydrogens is 348 g/mol. The molecule has 0 bridgehead atoms. The van der Waals surface area contributed by atoms with Crippen LogP contribution in [0.2, 0.25) is 0 Å². The van der Waals surface area contributed by atoms with E-state index in [9.17, 15) is 29.1 Å². The quantitative estimate of drug-likeness (QED) is 0.228. The molecule has 26 heavy (non-hydrogen) atoms. The van der Waals surface area contributed by atoms with Gasteiger partial charge in [0.1, 0.15) is 12.1 Å². The van der Waals surface area contributed by atoms with Crippen LogP contribution in [0.3, 0.4) is 0 Å². The Morgan fingerprint density at radius 3 is 2.04 bits per heavy atom.